The average Bonchev–Trinajstić information content (AvgIpc) is 2.36. The van der Waals surface area contributed by atoms with Crippen molar-refractivity contribution in [3.05, 3.63) is 28.8 Å². The Morgan fingerprint density at radius 2 is 2.14 bits per heavy atom. The number of nitrogens with zero attached hydrogens (tertiary/aromatic N) is 1. The predicted molar refractivity (Wildman–Crippen MR) is 88.0 cm³/mol. The Morgan fingerprint density at radius 1 is 1.45 bits per heavy atom. The first-order valence-corrected chi connectivity index (χ1v) is 7.45. The van der Waals surface area contributed by atoms with Crippen molar-refractivity contribution in [2.45, 2.75) is 38.8 Å². The van der Waals surface area contributed by atoms with Gasteiger partial charge < -0.3 is 15.4 Å². The van der Waals surface area contributed by atoms with E-state index >= 15 is 0 Å². The van der Waals surface area contributed by atoms with E-state index in [1.54, 1.807) is 18.2 Å². The Bertz CT molecular complexity index is 561. The zero-order valence-corrected chi connectivity index (χ0v) is 14.1. The fourth-order valence-corrected chi connectivity index (χ4v) is 2.16. The lowest BCUT2D eigenvalue weighted by atomic mass is 10.1. The van der Waals surface area contributed by atoms with Gasteiger partial charge in [-0.25, -0.2) is 0 Å². The third-order valence-electron chi connectivity index (χ3n) is 2.74. The third kappa shape index (κ3) is 6.33. The second kappa shape index (κ2) is 8.02. The molecule has 1 atom stereocenters. The normalized spacial score (nSPS) is 12.4. The number of esters is 1. The molecule has 0 aromatic heterocycles. The maximum absolute atomic E-state index is 11.9. The molecular weight excluding hydrogens is 302 g/mol. The van der Waals surface area contributed by atoms with Crippen LogP contribution >= 0.6 is 11.6 Å². The molecule has 6 heteroatoms. The number of likely N-dealkylation sites (N-methyl/N-ethyl adjacent to an activating group) is 1. The second-order valence-corrected chi connectivity index (χ2v) is 6.40. The van der Waals surface area contributed by atoms with E-state index in [0.717, 1.165) is 5.69 Å². The topological polar surface area (TPSA) is 74.2 Å². The first-order chi connectivity index (χ1) is 10.2. The van der Waals surface area contributed by atoms with Crippen LogP contribution in [0.4, 0.5) is 5.69 Å². The molecule has 2 N–H and O–H groups in total. The van der Waals surface area contributed by atoms with E-state index in [1.807, 2.05) is 33.9 Å². The van der Waals surface area contributed by atoms with E-state index in [9.17, 15) is 4.79 Å². The standard InChI is InChI=1S/C16H22ClN3O2/c1-16(2,3)22-15(21)8-13(10-19-4)20-12-6-5-11(9-18)14(17)7-12/h5-7,13,19-20H,8,10H2,1-4H3/t13-/m0/s1. The number of rotatable bonds is 6. The van der Waals surface area contributed by atoms with Crippen LogP contribution in [0.25, 0.3) is 0 Å². The fraction of sp³-hybridized carbons (Fsp3) is 0.500. The summed E-state index contributed by atoms with van der Waals surface area (Å²) in [6.45, 7) is 6.11. The van der Waals surface area contributed by atoms with Gasteiger partial charge in [0.15, 0.2) is 0 Å². The molecule has 0 saturated carbocycles. The Kier molecular flexibility index (Phi) is 6.66. The van der Waals surface area contributed by atoms with Crippen LogP contribution in [0.3, 0.4) is 0 Å². The highest BCUT2D eigenvalue weighted by molar-refractivity contribution is 6.32. The van der Waals surface area contributed by atoms with Crippen LogP contribution in [0.2, 0.25) is 5.02 Å². The maximum atomic E-state index is 11.9. The van der Waals surface area contributed by atoms with Crippen LogP contribution in [0.15, 0.2) is 18.2 Å². The highest BCUT2D eigenvalue weighted by Crippen LogP contribution is 2.21. The van der Waals surface area contributed by atoms with Crippen LogP contribution in [0.5, 0.6) is 0 Å². The summed E-state index contributed by atoms with van der Waals surface area (Å²) < 4.78 is 5.34. The summed E-state index contributed by atoms with van der Waals surface area (Å²) in [6.07, 6.45) is 0.232. The zero-order valence-electron chi connectivity index (χ0n) is 13.4. The average molecular weight is 324 g/mol. The van der Waals surface area contributed by atoms with Gasteiger partial charge in [-0.1, -0.05) is 11.6 Å². The Morgan fingerprint density at radius 3 is 2.64 bits per heavy atom. The van der Waals surface area contributed by atoms with Gasteiger partial charge in [-0.05, 0) is 46.0 Å². The summed E-state index contributed by atoms with van der Waals surface area (Å²) in [5.74, 6) is -0.264. The fourth-order valence-electron chi connectivity index (χ4n) is 1.94. The molecular formula is C16H22ClN3O2. The lowest BCUT2D eigenvalue weighted by Crippen LogP contribution is -2.35. The van der Waals surface area contributed by atoms with E-state index in [4.69, 9.17) is 21.6 Å². The number of carbonyl (C=O) groups excluding carboxylic acids is 1. The van der Waals surface area contributed by atoms with E-state index in [-0.39, 0.29) is 18.4 Å². The predicted octanol–water partition coefficient (Wildman–Crippen LogP) is 2.94. The third-order valence-corrected chi connectivity index (χ3v) is 3.06. The monoisotopic (exact) mass is 323 g/mol. The van der Waals surface area contributed by atoms with Crippen LogP contribution in [0, 0.1) is 11.3 Å². The van der Waals surface area contributed by atoms with Crippen molar-refractivity contribution in [1.29, 1.82) is 5.26 Å². The molecule has 0 spiro atoms. The molecule has 1 rings (SSSR count). The number of carbonyl (C=O) groups is 1. The number of nitrogens with one attached hydrogen (secondary N) is 2. The Labute approximate surface area is 136 Å². The van der Waals surface area contributed by atoms with Crippen molar-refractivity contribution in [3.8, 4) is 6.07 Å². The van der Waals surface area contributed by atoms with Gasteiger partial charge in [-0.3, -0.25) is 4.79 Å². The van der Waals surface area contributed by atoms with Gasteiger partial charge in [-0.2, -0.15) is 5.26 Å². The Hall–Kier alpha value is -1.77. The molecule has 1 aromatic rings. The number of halogens is 1. The summed E-state index contributed by atoms with van der Waals surface area (Å²) in [4.78, 5) is 11.9. The SMILES string of the molecule is CNC[C@H](CC(=O)OC(C)(C)C)Nc1ccc(C#N)c(Cl)c1. The number of hydrogen-bond donors (Lipinski definition) is 2. The van der Waals surface area contributed by atoms with Crippen molar-refractivity contribution in [2.24, 2.45) is 0 Å². The Balaban J connectivity index is 2.74. The molecule has 1 aromatic carbocycles. The van der Waals surface area contributed by atoms with Crippen molar-refractivity contribution in [2.75, 3.05) is 18.9 Å². The number of nitriles is 1. The van der Waals surface area contributed by atoms with E-state index < -0.39 is 5.60 Å². The molecule has 0 aliphatic heterocycles. The van der Waals surface area contributed by atoms with Crippen molar-refractivity contribution < 1.29 is 9.53 Å². The molecule has 0 heterocycles. The summed E-state index contributed by atoms with van der Waals surface area (Å²) in [5.41, 5.74) is 0.677. The molecule has 0 radical (unpaired) electrons. The van der Waals surface area contributed by atoms with E-state index in [0.29, 0.717) is 17.1 Å². The lowest BCUT2D eigenvalue weighted by molar-refractivity contribution is -0.155. The van der Waals surface area contributed by atoms with E-state index in [1.165, 1.54) is 0 Å². The van der Waals surface area contributed by atoms with Crippen LogP contribution in [-0.2, 0) is 9.53 Å². The molecule has 120 valence electrons. The summed E-state index contributed by atoms with van der Waals surface area (Å²) >= 11 is 6.01. The van der Waals surface area contributed by atoms with Gasteiger partial charge >= 0.3 is 5.97 Å². The molecule has 0 fully saturated rings. The van der Waals surface area contributed by atoms with Crippen LogP contribution < -0.4 is 10.6 Å². The smallest absolute Gasteiger partial charge is 0.308 e. The van der Waals surface area contributed by atoms with E-state index in [2.05, 4.69) is 10.6 Å². The van der Waals surface area contributed by atoms with Crippen molar-refractivity contribution in [3.63, 3.8) is 0 Å². The first-order valence-electron chi connectivity index (χ1n) is 7.08. The molecule has 0 saturated heterocycles. The highest BCUT2D eigenvalue weighted by Gasteiger charge is 2.20. The molecule has 0 aliphatic carbocycles. The van der Waals surface area contributed by atoms with Gasteiger partial charge in [-0.15, -0.1) is 0 Å². The minimum Gasteiger partial charge on any atom is -0.460 e. The van der Waals surface area contributed by atoms with Gasteiger partial charge in [0.25, 0.3) is 0 Å². The zero-order chi connectivity index (χ0) is 16.8. The van der Waals surface area contributed by atoms with Gasteiger partial charge in [0.1, 0.15) is 11.7 Å². The number of ether oxygens (including phenoxy) is 1. The molecule has 0 amide bonds. The maximum Gasteiger partial charge on any atom is 0.308 e. The lowest BCUT2D eigenvalue weighted by Gasteiger charge is -2.23. The number of hydrogen-bond acceptors (Lipinski definition) is 5. The summed E-state index contributed by atoms with van der Waals surface area (Å²) in [5, 5.41) is 15.5. The van der Waals surface area contributed by atoms with Crippen LogP contribution in [0.1, 0.15) is 32.8 Å². The minimum absolute atomic E-state index is 0.135. The van der Waals surface area contributed by atoms with Crippen LogP contribution in [-0.4, -0.2) is 31.2 Å². The largest absolute Gasteiger partial charge is 0.460 e. The van der Waals surface area contributed by atoms with Crippen molar-refractivity contribution in [1.82, 2.24) is 5.32 Å². The number of benzene rings is 1. The second-order valence-electron chi connectivity index (χ2n) is 6.00. The first kappa shape index (κ1) is 18.3. The molecule has 0 aliphatic rings. The number of anilines is 1. The summed E-state index contributed by atoms with van der Waals surface area (Å²) in [7, 11) is 1.82. The molecule has 5 nitrogen and oxygen atoms in total. The van der Waals surface area contributed by atoms with Gasteiger partial charge in [0, 0.05) is 18.3 Å². The summed E-state index contributed by atoms with van der Waals surface area (Å²) in [6, 6.07) is 6.97. The van der Waals surface area contributed by atoms with Gasteiger partial charge in [0.05, 0.1) is 17.0 Å². The molecule has 22 heavy (non-hydrogen) atoms. The highest BCUT2D eigenvalue weighted by atomic mass is 35.5. The molecule has 0 bridgehead atoms. The van der Waals surface area contributed by atoms with Crippen molar-refractivity contribution >= 4 is 23.3 Å². The quantitative estimate of drug-likeness (QED) is 0.787. The van der Waals surface area contributed by atoms with Gasteiger partial charge in [0.2, 0.25) is 0 Å². The molecule has 0 unspecified atom stereocenters. The minimum atomic E-state index is -0.501.